The van der Waals surface area contributed by atoms with Gasteiger partial charge in [0.15, 0.2) is 29.2 Å². The Balaban J connectivity index is 1.14. The van der Waals surface area contributed by atoms with Crippen molar-refractivity contribution in [1.82, 2.24) is 20.2 Å². The van der Waals surface area contributed by atoms with Crippen molar-refractivity contribution in [3.8, 4) is 22.6 Å². The predicted molar refractivity (Wildman–Crippen MR) is 200 cm³/mol. The van der Waals surface area contributed by atoms with E-state index in [4.69, 9.17) is 13.9 Å². The minimum Gasteiger partial charge on any atom is -0.485 e. The standard InChI is InChI=1S/C40H37IN4O7/c1-21-22(2)42-14-13-31(21)26-7-5-25(6-8-26)15-32(40(48)49)44-38(46)33-16-28-17-34-35(52-36(20-50-34)27-9-11-30(41)12-10-27)18-29(28)19-45(33)39(47)37-23(3)51-24(4)43-37/h5-14,17-18,32-33,36H,15-16,19-20H2,1-4H3,(H,44,46)(H,48,49)/t32-,33-,36+/m0/s1. The zero-order valence-corrected chi connectivity index (χ0v) is 31.3. The van der Waals surface area contributed by atoms with Crippen LogP contribution < -0.4 is 14.8 Å². The number of nitrogens with one attached hydrogen (secondary N) is 1. The lowest BCUT2D eigenvalue weighted by Crippen LogP contribution is -2.56. The molecule has 4 heterocycles. The Kier molecular flexibility index (Phi) is 9.75. The lowest BCUT2D eigenvalue weighted by atomic mass is 9.91. The molecule has 2 aromatic heterocycles. The van der Waals surface area contributed by atoms with E-state index in [0.29, 0.717) is 29.8 Å². The van der Waals surface area contributed by atoms with Gasteiger partial charge < -0.3 is 29.2 Å². The second kappa shape index (κ2) is 14.4. The summed E-state index contributed by atoms with van der Waals surface area (Å²) in [4.78, 5) is 50.8. The number of fused-ring (bicyclic) bond motifs is 2. The molecule has 3 atom stereocenters. The highest BCUT2D eigenvalue weighted by Crippen LogP contribution is 2.41. The van der Waals surface area contributed by atoms with E-state index >= 15 is 0 Å². The maximum Gasteiger partial charge on any atom is 0.326 e. The lowest BCUT2D eigenvalue weighted by molar-refractivity contribution is -0.142. The molecule has 0 saturated heterocycles. The molecule has 52 heavy (non-hydrogen) atoms. The summed E-state index contributed by atoms with van der Waals surface area (Å²) in [5.74, 6) is -0.508. The summed E-state index contributed by atoms with van der Waals surface area (Å²) in [5, 5.41) is 13.0. The monoisotopic (exact) mass is 812 g/mol. The second-order valence-corrected chi connectivity index (χ2v) is 14.4. The molecule has 2 aliphatic rings. The molecule has 0 unspecified atom stereocenters. The molecule has 0 radical (unpaired) electrons. The molecule has 7 rings (SSSR count). The molecule has 266 valence electrons. The molecule has 12 heteroatoms. The van der Waals surface area contributed by atoms with Crippen molar-refractivity contribution in [2.24, 2.45) is 0 Å². The number of aryl methyl sites for hydroxylation is 3. The van der Waals surface area contributed by atoms with Gasteiger partial charge in [-0.2, -0.15) is 0 Å². The number of aromatic nitrogens is 2. The van der Waals surface area contributed by atoms with Crippen LogP contribution in [0.5, 0.6) is 11.5 Å². The van der Waals surface area contributed by atoms with Gasteiger partial charge in [-0.05, 0) is 113 Å². The van der Waals surface area contributed by atoms with E-state index in [1.165, 1.54) is 4.90 Å². The Morgan fingerprint density at radius 3 is 2.40 bits per heavy atom. The third-order valence-corrected chi connectivity index (χ3v) is 10.5. The number of carbonyl (C=O) groups excluding carboxylic acids is 2. The zero-order chi connectivity index (χ0) is 36.7. The average Bonchev–Trinajstić information content (AvgIpc) is 3.48. The molecule has 11 nitrogen and oxygen atoms in total. The molecule has 0 bridgehead atoms. The molecule has 2 N–H and O–H groups in total. The van der Waals surface area contributed by atoms with E-state index in [0.717, 1.165) is 48.2 Å². The van der Waals surface area contributed by atoms with Crippen LogP contribution >= 0.6 is 22.6 Å². The maximum atomic E-state index is 14.1. The fraction of sp³-hybridized carbons (Fsp3) is 0.275. The number of amides is 2. The Morgan fingerprint density at radius 1 is 0.981 bits per heavy atom. The maximum absolute atomic E-state index is 14.1. The van der Waals surface area contributed by atoms with Gasteiger partial charge in [-0.25, -0.2) is 9.78 Å². The van der Waals surface area contributed by atoms with Gasteiger partial charge in [-0.3, -0.25) is 14.6 Å². The number of hydrogen-bond donors (Lipinski definition) is 2. The molecule has 3 aromatic carbocycles. The van der Waals surface area contributed by atoms with Crippen molar-refractivity contribution >= 4 is 40.4 Å². The summed E-state index contributed by atoms with van der Waals surface area (Å²) in [6.07, 6.45) is 1.64. The molecule has 2 amide bonds. The summed E-state index contributed by atoms with van der Waals surface area (Å²) >= 11 is 2.26. The van der Waals surface area contributed by atoms with Crippen molar-refractivity contribution < 1.29 is 33.4 Å². The van der Waals surface area contributed by atoms with E-state index in [1.807, 2.05) is 80.6 Å². The number of halogens is 1. The number of hydrogen-bond acceptors (Lipinski definition) is 8. The van der Waals surface area contributed by atoms with Gasteiger partial charge in [0, 0.05) is 41.8 Å². The molecule has 5 aromatic rings. The summed E-state index contributed by atoms with van der Waals surface area (Å²) in [5.41, 5.74) is 7.45. The van der Waals surface area contributed by atoms with E-state index in [2.05, 4.69) is 37.9 Å². The Morgan fingerprint density at radius 2 is 1.71 bits per heavy atom. The summed E-state index contributed by atoms with van der Waals surface area (Å²) in [6, 6.07) is 19.0. The lowest BCUT2D eigenvalue weighted by Gasteiger charge is -2.37. The van der Waals surface area contributed by atoms with Crippen LogP contribution in [0.25, 0.3) is 11.1 Å². The number of oxazole rings is 1. The van der Waals surface area contributed by atoms with Crippen LogP contribution in [0, 0.1) is 31.3 Å². The number of nitrogens with zero attached hydrogens (tertiary/aromatic N) is 3. The number of carbonyl (C=O) groups is 3. The van der Waals surface area contributed by atoms with Crippen LogP contribution in [0.2, 0.25) is 0 Å². The minimum absolute atomic E-state index is 0.0506. The number of pyridine rings is 1. The van der Waals surface area contributed by atoms with Crippen LogP contribution in [0.1, 0.15) is 61.8 Å². The molecular weight excluding hydrogens is 775 g/mol. The molecule has 0 spiro atoms. The third kappa shape index (κ3) is 7.11. The first-order valence-electron chi connectivity index (χ1n) is 17.0. The van der Waals surface area contributed by atoms with Crippen LogP contribution in [0.15, 0.2) is 77.3 Å². The van der Waals surface area contributed by atoms with Gasteiger partial charge in [0.2, 0.25) is 5.91 Å². The van der Waals surface area contributed by atoms with Gasteiger partial charge in [0.05, 0.1) is 0 Å². The van der Waals surface area contributed by atoms with E-state index < -0.39 is 29.9 Å². The molecule has 0 aliphatic carbocycles. The largest absolute Gasteiger partial charge is 0.485 e. The van der Waals surface area contributed by atoms with Crippen molar-refractivity contribution in [2.45, 2.75) is 65.3 Å². The smallest absolute Gasteiger partial charge is 0.326 e. The molecular formula is C40H37IN4O7. The SMILES string of the molecule is Cc1nc(C(=O)N2Cc3cc4c(cc3C[C@H]2C(=O)N[C@@H](Cc2ccc(-c3ccnc(C)c3C)cc2)C(=O)O)OC[C@H](c2ccc(I)cc2)O4)c(C)o1. The highest BCUT2D eigenvalue weighted by Gasteiger charge is 2.39. The van der Waals surface area contributed by atoms with E-state index in [9.17, 15) is 19.5 Å². The van der Waals surface area contributed by atoms with Crippen LogP contribution in [-0.2, 0) is 29.0 Å². The number of aliphatic carboxylic acids is 1. The van der Waals surface area contributed by atoms with Crippen LogP contribution in [0.3, 0.4) is 0 Å². The Hall–Kier alpha value is -5.24. The van der Waals surface area contributed by atoms with Crippen molar-refractivity contribution in [3.63, 3.8) is 0 Å². The summed E-state index contributed by atoms with van der Waals surface area (Å²) in [7, 11) is 0. The van der Waals surface area contributed by atoms with Gasteiger partial charge >= 0.3 is 5.97 Å². The first kappa shape index (κ1) is 35.2. The number of benzene rings is 3. The Bertz CT molecular complexity index is 2180. The Labute approximate surface area is 314 Å². The zero-order valence-electron chi connectivity index (χ0n) is 29.1. The van der Waals surface area contributed by atoms with Gasteiger partial charge in [0.25, 0.3) is 5.91 Å². The number of rotatable bonds is 8. The quantitative estimate of drug-likeness (QED) is 0.169. The van der Waals surface area contributed by atoms with E-state index in [-0.39, 0.29) is 31.2 Å². The van der Waals surface area contributed by atoms with Crippen molar-refractivity contribution in [3.05, 3.63) is 127 Å². The molecule has 0 fully saturated rings. The molecule has 2 aliphatic heterocycles. The summed E-state index contributed by atoms with van der Waals surface area (Å²) in [6.45, 7) is 7.65. The fourth-order valence-electron chi connectivity index (χ4n) is 6.78. The highest BCUT2D eigenvalue weighted by atomic mass is 127. The molecule has 0 saturated carbocycles. The number of carboxylic acid groups (broad SMARTS) is 1. The number of carboxylic acids is 1. The van der Waals surface area contributed by atoms with Gasteiger partial charge in [-0.1, -0.05) is 36.4 Å². The van der Waals surface area contributed by atoms with Crippen molar-refractivity contribution in [1.29, 1.82) is 0 Å². The minimum atomic E-state index is -1.24. The first-order chi connectivity index (χ1) is 24.9. The topological polar surface area (TPSA) is 144 Å². The van der Waals surface area contributed by atoms with E-state index in [1.54, 1.807) is 20.0 Å². The normalized spacial score (nSPS) is 16.9. The third-order valence-electron chi connectivity index (χ3n) is 9.74. The van der Waals surface area contributed by atoms with Crippen LogP contribution in [0.4, 0.5) is 0 Å². The fourth-order valence-corrected chi connectivity index (χ4v) is 7.14. The highest BCUT2D eigenvalue weighted by molar-refractivity contribution is 14.1. The van der Waals surface area contributed by atoms with Crippen LogP contribution in [-0.4, -0.2) is 56.4 Å². The van der Waals surface area contributed by atoms with Crippen molar-refractivity contribution in [2.75, 3.05) is 6.61 Å². The van der Waals surface area contributed by atoms with Gasteiger partial charge in [0.1, 0.15) is 24.5 Å². The van der Waals surface area contributed by atoms with Gasteiger partial charge in [-0.15, -0.1) is 0 Å². The first-order valence-corrected chi connectivity index (χ1v) is 18.0. The summed E-state index contributed by atoms with van der Waals surface area (Å²) < 4.78 is 19.2. The average molecular weight is 813 g/mol. The second-order valence-electron chi connectivity index (χ2n) is 13.2. The number of ether oxygens (including phenoxy) is 2. The predicted octanol–water partition coefficient (Wildman–Crippen LogP) is 6.47.